The van der Waals surface area contributed by atoms with Crippen LogP contribution >= 0.6 is 0 Å². The van der Waals surface area contributed by atoms with Gasteiger partial charge in [-0.1, -0.05) is 12.1 Å². The molecule has 1 aromatic rings. The van der Waals surface area contributed by atoms with Crippen molar-refractivity contribution in [3.8, 4) is 5.75 Å². The second-order valence-electron chi connectivity index (χ2n) is 6.27. The predicted molar refractivity (Wildman–Crippen MR) is 86.7 cm³/mol. The van der Waals surface area contributed by atoms with Gasteiger partial charge in [-0.2, -0.15) is 0 Å². The minimum absolute atomic E-state index is 0.0847. The van der Waals surface area contributed by atoms with Crippen molar-refractivity contribution in [2.75, 3.05) is 33.5 Å². The van der Waals surface area contributed by atoms with E-state index >= 15 is 0 Å². The molecule has 2 fully saturated rings. The summed E-state index contributed by atoms with van der Waals surface area (Å²) in [6, 6.07) is 7.82. The number of hydrogen-bond acceptors (Lipinski definition) is 4. The van der Waals surface area contributed by atoms with Crippen LogP contribution in [0.1, 0.15) is 31.2 Å². The van der Waals surface area contributed by atoms with Crippen LogP contribution in [0.15, 0.2) is 24.3 Å². The van der Waals surface area contributed by atoms with Crippen molar-refractivity contribution in [1.82, 2.24) is 5.32 Å². The highest BCUT2D eigenvalue weighted by Gasteiger charge is 2.41. The lowest BCUT2D eigenvalue weighted by atomic mass is 9.73. The van der Waals surface area contributed by atoms with Crippen LogP contribution in [0.5, 0.6) is 5.75 Å². The van der Waals surface area contributed by atoms with E-state index in [1.807, 2.05) is 24.3 Å². The van der Waals surface area contributed by atoms with Crippen molar-refractivity contribution in [2.45, 2.75) is 37.2 Å². The van der Waals surface area contributed by atoms with Crippen molar-refractivity contribution in [3.63, 3.8) is 0 Å². The average Bonchev–Trinajstić information content (AvgIpc) is 3.14. The second-order valence-corrected chi connectivity index (χ2v) is 6.27. The van der Waals surface area contributed by atoms with Crippen molar-refractivity contribution in [3.05, 3.63) is 29.8 Å². The zero-order valence-corrected chi connectivity index (χ0v) is 13.7. The van der Waals surface area contributed by atoms with E-state index in [2.05, 4.69) is 5.32 Å². The van der Waals surface area contributed by atoms with Gasteiger partial charge in [-0.05, 0) is 43.4 Å². The van der Waals surface area contributed by atoms with Gasteiger partial charge in [0.25, 0.3) is 0 Å². The number of ether oxygens (including phenoxy) is 3. The van der Waals surface area contributed by atoms with E-state index in [0.717, 1.165) is 30.8 Å². The van der Waals surface area contributed by atoms with Gasteiger partial charge in [0.1, 0.15) is 5.75 Å². The zero-order valence-electron chi connectivity index (χ0n) is 13.7. The van der Waals surface area contributed by atoms with Gasteiger partial charge in [0.05, 0.1) is 18.6 Å². The van der Waals surface area contributed by atoms with E-state index in [1.54, 1.807) is 7.11 Å². The van der Waals surface area contributed by atoms with Crippen molar-refractivity contribution in [2.24, 2.45) is 0 Å². The molecular formula is C18H25NO4. The Labute approximate surface area is 137 Å². The Kier molecular flexibility index (Phi) is 5.18. The van der Waals surface area contributed by atoms with Gasteiger partial charge in [0.15, 0.2) is 0 Å². The van der Waals surface area contributed by atoms with Crippen LogP contribution in [0.4, 0.5) is 0 Å². The number of methoxy groups -OCH3 is 1. The van der Waals surface area contributed by atoms with Crippen LogP contribution in [0.25, 0.3) is 0 Å². The lowest BCUT2D eigenvalue weighted by Crippen LogP contribution is -2.49. The molecule has 0 saturated carbocycles. The number of benzene rings is 1. The topological polar surface area (TPSA) is 56.8 Å². The summed E-state index contributed by atoms with van der Waals surface area (Å²) in [7, 11) is 1.65. The molecule has 1 aromatic carbocycles. The highest BCUT2D eigenvalue weighted by molar-refractivity contribution is 5.88. The number of amides is 1. The molecule has 5 nitrogen and oxygen atoms in total. The zero-order chi connectivity index (χ0) is 16.1. The Morgan fingerprint density at radius 1 is 1.26 bits per heavy atom. The number of rotatable bonds is 5. The van der Waals surface area contributed by atoms with Gasteiger partial charge in [-0.15, -0.1) is 0 Å². The fraction of sp³-hybridized carbons (Fsp3) is 0.611. The summed E-state index contributed by atoms with van der Waals surface area (Å²) in [5, 5.41) is 3.11. The van der Waals surface area contributed by atoms with Crippen LogP contribution < -0.4 is 10.1 Å². The molecule has 1 amide bonds. The average molecular weight is 319 g/mol. The number of hydrogen-bond donors (Lipinski definition) is 1. The first kappa shape index (κ1) is 16.3. The standard InChI is InChI=1S/C18H25NO4/c1-21-15-6-4-14(5-7-15)18(8-11-22-12-9-18)17(20)19-13-16-3-2-10-23-16/h4-7,16H,2-3,8-13H2,1H3,(H,19,20)/t16-/m0/s1. The van der Waals surface area contributed by atoms with E-state index in [-0.39, 0.29) is 12.0 Å². The number of nitrogens with one attached hydrogen (secondary N) is 1. The van der Waals surface area contributed by atoms with E-state index in [1.165, 1.54) is 0 Å². The molecule has 126 valence electrons. The summed E-state index contributed by atoms with van der Waals surface area (Å²) < 4.78 is 16.3. The molecule has 2 aliphatic heterocycles. The SMILES string of the molecule is COc1ccc(C2(C(=O)NC[C@@H]3CCCO3)CCOCC2)cc1. The number of carbonyl (C=O) groups excluding carboxylic acids is 1. The summed E-state index contributed by atoms with van der Waals surface area (Å²) in [6.45, 7) is 2.62. The first-order valence-electron chi connectivity index (χ1n) is 8.37. The normalized spacial score (nSPS) is 23.4. The molecule has 2 saturated heterocycles. The molecule has 0 aliphatic carbocycles. The maximum Gasteiger partial charge on any atom is 0.230 e. The molecule has 0 aromatic heterocycles. The number of carbonyl (C=O) groups is 1. The first-order valence-corrected chi connectivity index (χ1v) is 8.37. The van der Waals surface area contributed by atoms with E-state index in [9.17, 15) is 4.79 Å². The summed E-state index contributed by atoms with van der Waals surface area (Å²) in [5.41, 5.74) is 0.523. The quantitative estimate of drug-likeness (QED) is 0.902. The molecular weight excluding hydrogens is 294 g/mol. The van der Waals surface area contributed by atoms with Crippen molar-refractivity contribution >= 4 is 5.91 Å². The largest absolute Gasteiger partial charge is 0.497 e. The summed E-state index contributed by atoms with van der Waals surface area (Å²) in [6.07, 6.45) is 3.68. The first-order chi connectivity index (χ1) is 11.2. The summed E-state index contributed by atoms with van der Waals surface area (Å²) in [4.78, 5) is 13.0. The third kappa shape index (κ3) is 3.51. The van der Waals surface area contributed by atoms with E-state index in [0.29, 0.717) is 32.6 Å². The Hall–Kier alpha value is -1.59. The van der Waals surface area contributed by atoms with Gasteiger partial charge >= 0.3 is 0 Å². The highest BCUT2D eigenvalue weighted by atomic mass is 16.5. The van der Waals surface area contributed by atoms with Crippen molar-refractivity contribution < 1.29 is 19.0 Å². The van der Waals surface area contributed by atoms with Gasteiger partial charge in [-0.3, -0.25) is 4.79 Å². The second kappa shape index (κ2) is 7.32. The molecule has 23 heavy (non-hydrogen) atoms. The predicted octanol–water partition coefficient (Wildman–Crippen LogP) is 2.04. The third-order valence-corrected chi connectivity index (χ3v) is 4.94. The molecule has 0 radical (unpaired) electrons. The van der Waals surface area contributed by atoms with Crippen LogP contribution in [0, 0.1) is 0 Å². The van der Waals surface area contributed by atoms with Crippen LogP contribution in [-0.2, 0) is 19.7 Å². The molecule has 1 N–H and O–H groups in total. The Morgan fingerprint density at radius 2 is 2.00 bits per heavy atom. The molecule has 0 unspecified atom stereocenters. The maximum absolute atomic E-state index is 13.0. The minimum atomic E-state index is -0.511. The smallest absolute Gasteiger partial charge is 0.230 e. The summed E-state index contributed by atoms with van der Waals surface area (Å²) >= 11 is 0. The van der Waals surface area contributed by atoms with Gasteiger partial charge < -0.3 is 19.5 Å². The van der Waals surface area contributed by atoms with Crippen LogP contribution in [0.3, 0.4) is 0 Å². The van der Waals surface area contributed by atoms with E-state index in [4.69, 9.17) is 14.2 Å². The fourth-order valence-electron chi connectivity index (χ4n) is 3.46. The Bertz CT molecular complexity index is 516. The minimum Gasteiger partial charge on any atom is -0.497 e. The molecule has 1 atom stereocenters. The highest BCUT2D eigenvalue weighted by Crippen LogP contribution is 2.36. The maximum atomic E-state index is 13.0. The third-order valence-electron chi connectivity index (χ3n) is 4.94. The molecule has 0 spiro atoms. The van der Waals surface area contributed by atoms with Crippen molar-refractivity contribution in [1.29, 1.82) is 0 Å². The van der Waals surface area contributed by atoms with E-state index < -0.39 is 5.41 Å². The molecule has 2 heterocycles. The van der Waals surface area contributed by atoms with Gasteiger partial charge in [0.2, 0.25) is 5.91 Å². The lowest BCUT2D eigenvalue weighted by molar-refractivity contribution is -0.131. The van der Waals surface area contributed by atoms with Gasteiger partial charge in [0, 0.05) is 26.4 Å². The molecule has 3 rings (SSSR count). The Morgan fingerprint density at radius 3 is 2.61 bits per heavy atom. The molecule has 2 aliphatic rings. The van der Waals surface area contributed by atoms with Crippen LogP contribution in [-0.4, -0.2) is 45.5 Å². The Balaban J connectivity index is 1.75. The monoisotopic (exact) mass is 319 g/mol. The fourth-order valence-corrected chi connectivity index (χ4v) is 3.46. The lowest BCUT2D eigenvalue weighted by Gasteiger charge is -2.36. The molecule has 5 heteroatoms. The summed E-state index contributed by atoms with van der Waals surface area (Å²) in [5.74, 6) is 0.886. The molecule has 0 bridgehead atoms. The van der Waals surface area contributed by atoms with Gasteiger partial charge in [-0.25, -0.2) is 0 Å². The van der Waals surface area contributed by atoms with Crippen LogP contribution in [0.2, 0.25) is 0 Å².